The van der Waals surface area contributed by atoms with E-state index in [9.17, 15) is 14.0 Å². The van der Waals surface area contributed by atoms with Crippen molar-refractivity contribution in [2.75, 3.05) is 0 Å². The molecule has 0 spiro atoms. The maximum absolute atomic E-state index is 14.4. The maximum atomic E-state index is 14.4. The maximum Gasteiger partial charge on any atom is 0.253 e. The van der Waals surface area contributed by atoms with E-state index in [1.165, 1.54) is 12.3 Å². The van der Waals surface area contributed by atoms with Crippen LogP contribution in [-0.2, 0) is 6.54 Å². The lowest BCUT2D eigenvalue weighted by atomic mass is 10.00. The van der Waals surface area contributed by atoms with E-state index < -0.39 is 5.82 Å². The van der Waals surface area contributed by atoms with Crippen molar-refractivity contribution in [2.24, 2.45) is 0 Å². The summed E-state index contributed by atoms with van der Waals surface area (Å²) in [6.45, 7) is 3.75. The molecule has 30 heavy (non-hydrogen) atoms. The first kappa shape index (κ1) is 19.8. The number of aromatic nitrogens is 1. The number of carbonyl (C=O) groups is 2. The van der Waals surface area contributed by atoms with E-state index in [-0.39, 0.29) is 30.0 Å². The third kappa shape index (κ3) is 4.40. The van der Waals surface area contributed by atoms with Gasteiger partial charge in [0, 0.05) is 23.4 Å². The number of nitrogens with zero attached hydrogens (tertiary/aromatic N) is 1. The Balaban J connectivity index is 1.50. The molecule has 0 radical (unpaired) electrons. The molecule has 2 aromatic heterocycles. The van der Waals surface area contributed by atoms with Gasteiger partial charge in [-0.25, -0.2) is 4.39 Å². The second-order valence-corrected chi connectivity index (χ2v) is 7.51. The molecule has 2 amide bonds. The van der Waals surface area contributed by atoms with Gasteiger partial charge in [-0.1, -0.05) is 0 Å². The molecule has 1 aromatic carbocycles. The quantitative estimate of drug-likeness (QED) is 0.649. The second-order valence-electron chi connectivity index (χ2n) is 7.51. The summed E-state index contributed by atoms with van der Waals surface area (Å²) >= 11 is 0. The minimum absolute atomic E-state index is 0.186. The molecule has 4 rings (SSSR count). The summed E-state index contributed by atoms with van der Waals surface area (Å²) < 4.78 is 19.9. The van der Waals surface area contributed by atoms with E-state index in [0.717, 1.165) is 18.6 Å². The summed E-state index contributed by atoms with van der Waals surface area (Å²) in [6.07, 6.45) is 3.35. The Morgan fingerprint density at radius 3 is 2.53 bits per heavy atom. The van der Waals surface area contributed by atoms with E-state index >= 15 is 0 Å². The van der Waals surface area contributed by atoms with Gasteiger partial charge in [-0.3, -0.25) is 14.6 Å². The molecule has 0 atom stereocenters. The van der Waals surface area contributed by atoms with E-state index in [1.54, 1.807) is 31.2 Å². The number of rotatable bonds is 6. The van der Waals surface area contributed by atoms with E-state index in [4.69, 9.17) is 4.42 Å². The molecule has 6 nitrogen and oxygen atoms in total. The highest BCUT2D eigenvalue weighted by Crippen LogP contribution is 2.26. The van der Waals surface area contributed by atoms with Crippen molar-refractivity contribution in [1.29, 1.82) is 0 Å². The summed E-state index contributed by atoms with van der Waals surface area (Å²) in [6, 6.07) is 9.98. The van der Waals surface area contributed by atoms with Gasteiger partial charge in [-0.05, 0) is 68.7 Å². The van der Waals surface area contributed by atoms with Crippen LogP contribution in [0.1, 0.15) is 50.6 Å². The summed E-state index contributed by atoms with van der Waals surface area (Å²) in [7, 11) is 0. The predicted octanol–water partition coefficient (Wildman–Crippen LogP) is 3.92. The van der Waals surface area contributed by atoms with Gasteiger partial charge in [-0.15, -0.1) is 0 Å². The fourth-order valence-corrected chi connectivity index (χ4v) is 3.11. The highest BCUT2D eigenvalue weighted by molar-refractivity contribution is 5.96. The number of amides is 2. The molecule has 0 saturated heterocycles. The number of pyridine rings is 1. The predicted molar refractivity (Wildman–Crippen MR) is 109 cm³/mol. The molecule has 0 bridgehead atoms. The zero-order chi connectivity index (χ0) is 21.3. The molecule has 154 valence electrons. The van der Waals surface area contributed by atoms with Crippen molar-refractivity contribution >= 4 is 11.8 Å². The lowest BCUT2D eigenvalue weighted by Crippen LogP contribution is -2.25. The van der Waals surface area contributed by atoms with Gasteiger partial charge in [0.1, 0.15) is 17.3 Å². The van der Waals surface area contributed by atoms with Crippen molar-refractivity contribution in [1.82, 2.24) is 15.6 Å². The second kappa shape index (κ2) is 8.10. The summed E-state index contributed by atoms with van der Waals surface area (Å²) in [5, 5.41) is 5.63. The van der Waals surface area contributed by atoms with Crippen LogP contribution in [0.5, 0.6) is 0 Å². The minimum Gasteiger partial charge on any atom is -0.465 e. The molecule has 0 unspecified atom stereocenters. The third-order valence-corrected chi connectivity index (χ3v) is 5.04. The molecule has 2 heterocycles. The number of furan rings is 1. The van der Waals surface area contributed by atoms with Crippen LogP contribution in [0.15, 0.2) is 47.0 Å². The summed E-state index contributed by atoms with van der Waals surface area (Å²) in [5.74, 6) is 0.398. The standard InChI is InChI=1S/C23H22FN3O3/c1-13-3-7-18(30-13)12-26-22(28)15-4-8-21(25-11-15)19-9-16(10-20(24)14(19)2)23(29)27-17-5-6-17/h3-4,7-11,17H,5-6,12H2,1-2H3,(H,26,28)(H,27,29). The first-order valence-corrected chi connectivity index (χ1v) is 9.81. The van der Waals surface area contributed by atoms with Crippen molar-refractivity contribution < 1.29 is 18.4 Å². The lowest BCUT2D eigenvalue weighted by Gasteiger charge is -2.11. The summed E-state index contributed by atoms with van der Waals surface area (Å²) in [5.41, 5.74) is 2.05. The highest BCUT2D eigenvalue weighted by atomic mass is 19.1. The lowest BCUT2D eigenvalue weighted by molar-refractivity contribution is 0.0941. The molecule has 1 fully saturated rings. The molecule has 1 aliphatic carbocycles. The number of aryl methyl sites for hydroxylation is 1. The molecule has 1 aliphatic rings. The number of halogens is 1. The SMILES string of the molecule is Cc1ccc(CNC(=O)c2ccc(-c3cc(C(=O)NC4CC4)cc(F)c3C)nc2)o1. The van der Waals surface area contributed by atoms with Gasteiger partial charge in [0.05, 0.1) is 17.8 Å². The van der Waals surface area contributed by atoms with E-state index in [2.05, 4.69) is 15.6 Å². The summed E-state index contributed by atoms with van der Waals surface area (Å²) in [4.78, 5) is 29.0. The fraction of sp³-hybridized carbons (Fsp3) is 0.261. The largest absolute Gasteiger partial charge is 0.465 e. The Morgan fingerprint density at radius 2 is 1.90 bits per heavy atom. The topological polar surface area (TPSA) is 84.2 Å². The zero-order valence-corrected chi connectivity index (χ0v) is 16.8. The van der Waals surface area contributed by atoms with Gasteiger partial charge < -0.3 is 15.1 Å². The van der Waals surface area contributed by atoms with E-state index in [1.807, 2.05) is 13.0 Å². The molecule has 3 aromatic rings. The first-order valence-electron chi connectivity index (χ1n) is 9.81. The minimum atomic E-state index is -0.467. The highest BCUT2D eigenvalue weighted by Gasteiger charge is 2.24. The Kier molecular flexibility index (Phi) is 5.35. The zero-order valence-electron chi connectivity index (χ0n) is 16.8. The Bertz CT molecular complexity index is 1100. The molecular formula is C23H22FN3O3. The van der Waals surface area contributed by atoms with E-state index in [0.29, 0.717) is 28.1 Å². The van der Waals surface area contributed by atoms with Gasteiger partial charge in [0.15, 0.2) is 0 Å². The van der Waals surface area contributed by atoms with Crippen LogP contribution in [-0.4, -0.2) is 22.8 Å². The Labute approximate surface area is 173 Å². The van der Waals surface area contributed by atoms with Crippen LogP contribution in [0, 0.1) is 19.7 Å². The van der Waals surface area contributed by atoms with Crippen LogP contribution in [0.4, 0.5) is 4.39 Å². The average molecular weight is 407 g/mol. The van der Waals surface area contributed by atoms with Crippen LogP contribution >= 0.6 is 0 Å². The number of carbonyl (C=O) groups excluding carboxylic acids is 2. The van der Waals surface area contributed by atoms with Crippen LogP contribution in [0.25, 0.3) is 11.3 Å². The normalized spacial score (nSPS) is 13.2. The number of hydrogen-bond donors (Lipinski definition) is 2. The van der Waals surface area contributed by atoms with Gasteiger partial charge >= 0.3 is 0 Å². The Hall–Kier alpha value is -3.48. The van der Waals surface area contributed by atoms with Gasteiger partial charge in [0.25, 0.3) is 11.8 Å². The number of nitrogens with one attached hydrogen (secondary N) is 2. The van der Waals surface area contributed by atoms with Crippen LogP contribution in [0.2, 0.25) is 0 Å². The first-order chi connectivity index (χ1) is 14.4. The smallest absolute Gasteiger partial charge is 0.253 e. The molecule has 0 aliphatic heterocycles. The van der Waals surface area contributed by atoms with Crippen molar-refractivity contribution in [3.8, 4) is 11.3 Å². The monoisotopic (exact) mass is 407 g/mol. The van der Waals surface area contributed by atoms with Crippen molar-refractivity contribution in [3.63, 3.8) is 0 Å². The van der Waals surface area contributed by atoms with Crippen LogP contribution < -0.4 is 10.6 Å². The molecule has 2 N–H and O–H groups in total. The fourth-order valence-electron chi connectivity index (χ4n) is 3.11. The molecular weight excluding hydrogens is 385 g/mol. The van der Waals surface area contributed by atoms with Crippen molar-refractivity contribution in [2.45, 2.75) is 39.3 Å². The van der Waals surface area contributed by atoms with Crippen LogP contribution in [0.3, 0.4) is 0 Å². The molecule has 1 saturated carbocycles. The van der Waals surface area contributed by atoms with Gasteiger partial charge in [0.2, 0.25) is 0 Å². The number of benzene rings is 1. The van der Waals surface area contributed by atoms with Crippen molar-refractivity contribution in [3.05, 3.63) is 76.6 Å². The Morgan fingerprint density at radius 1 is 1.10 bits per heavy atom. The number of hydrogen-bond acceptors (Lipinski definition) is 4. The third-order valence-electron chi connectivity index (χ3n) is 5.04. The molecule has 7 heteroatoms. The average Bonchev–Trinajstić information content (AvgIpc) is 3.46. The van der Waals surface area contributed by atoms with Gasteiger partial charge in [-0.2, -0.15) is 0 Å².